The van der Waals surface area contributed by atoms with Crippen LogP contribution in [0.25, 0.3) is 10.9 Å². The Balaban J connectivity index is 1.51. The minimum Gasteiger partial charge on any atom is -0.480 e. The van der Waals surface area contributed by atoms with Gasteiger partial charge in [0.1, 0.15) is 18.1 Å². The predicted molar refractivity (Wildman–Crippen MR) is 126 cm³/mol. The van der Waals surface area contributed by atoms with E-state index in [-0.39, 0.29) is 18.9 Å². The second-order valence-electron chi connectivity index (χ2n) is 9.05. The van der Waals surface area contributed by atoms with Crippen LogP contribution in [0.3, 0.4) is 0 Å². The van der Waals surface area contributed by atoms with Crippen LogP contribution >= 0.6 is 0 Å². The number of fused-ring (bicyclic) bond motifs is 1. The van der Waals surface area contributed by atoms with Crippen molar-refractivity contribution in [2.45, 2.75) is 56.3 Å². The van der Waals surface area contributed by atoms with Crippen molar-refractivity contribution in [3.05, 3.63) is 36.0 Å². The van der Waals surface area contributed by atoms with Gasteiger partial charge in [0.05, 0.1) is 12.6 Å². The summed E-state index contributed by atoms with van der Waals surface area (Å²) in [4.78, 5) is 54.9. The van der Waals surface area contributed by atoms with Gasteiger partial charge >= 0.3 is 5.97 Å². The van der Waals surface area contributed by atoms with Gasteiger partial charge in [0.2, 0.25) is 17.7 Å². The molecule has 4 rings (SSSR count). The van der Waals surface area contributed by atoms with Gasteiger partial charge in [-0.3, -0.25) is 14.4 Å². The van der Waals surface area contributed by atoms with Gasteiger partial charge in [-0.15, -0.1) is 0 Å². The number of rotatable bonds is 9. The second-order valence-corrected chi connectivity index (χ2v) is 9.05. The summed E-state index contributed by atoms with van der Waals surface area (Å²) < 4.78 is 0. The molecule has 2 fully saturated rings. The highest BCUT2D eigenvalue weighted by atomic mass is 16.4. The largest absolute Gasteiger partial charge is 0.480 e. The number of carboxylic acid groups (broad SMARTS) is 1. The lowest BCUT2D eigenvalue weighted by atomic mass is 10.0. The molecule has 0 aliphatic carbocycles. The molecule has 35 heavy (non-hydrogen) atoms. The molecule has 0 saturated carbocycles. The van der Waals surface area contributed by atoms with Gasteiger partial charge in [-0.25, -0.2) is 4.79 Å². The first-order valence-electron chi connectivity index (χ1n) is 11.9. The van der Waals surface area contributed by atoms with Gasteiger partial charge in [0.25, 0.3) is 0 Å². The van der Waals surface area contributed by atoms with Gasteiger partial charge in [-0.05, 0) is 43.9 Å². The molecule has 0 radical (unpaired) electrons. The highest BCUT2D eigenvalue weighted by Crippen LogP contribution is 2.21. The van der Waals surface area contributed by atoms with E-state index in [0.717, 1.165) is 29.4 Å². The van der Waals surface area contributed by atoms with Crippen LogP contribution < -0.4 is 16.0 Å². The summed E-state index contributed by atoms with van der Waals surface area (Å²) in [6, 6.07) is 3.90. The average molecular weight is 486 g/mol. The fourth-order valence-corrected chi connectivity index (χ4v) is 4.86. The number of aromatic amines is 1. The highest BCUT2D eigenvalue weighted by molar-refractivity contribution is 5.95. The SMILES string of the molecule is O=C(NC(Cc1c[nH]c2ccccc12)C(=O)NC(CO)C(=O)N1CCCC1C(=O)O)C1CCCN1. The zero-order valence-corrected chi connectivity index (χ0v) is 19.3. The summed E-state index contributed by atoms with van der Waals surface area (Å²) in [5, 5.41) is 28.6. The number of carbonyl (C=O) groups is 4. The van der Waals surface area contributed by atoms with Crippen LogP contribution in [0.1, 0.15) is 31.2 Å². The molecule has 4 unspecified atom stereocenters. The van der Waals surface area contributed by atoms with Crippen LogP contribution in [0.15, 0.2) is 30.5 Å². The number of hydrogen-bond acceptors (Lipinski definition) is 6. The van der Waals surface area contributed by atoms with Crippen LogP contribution in [-0.4, -0.2) is 87.7 Å². The lowest BCUT2D eigenvalue weighted by Gasteiger charge is -2.28. The molecule has 1 aromatic heterocycles. The number of nitrogens with zero attached hydrogens (tertiary/aromatic N) is 1. The topological polar surface area (TPSA) is 164 Å². The zero-order valence-electron chi connectivity index (χ0n) is 19.3. The molecule has 11 nitrogen and oxygen atoms in total. The van der Waals surface area contributed by atoms with E-state index in [9.17, 15) is 29.4 Å². The third-order valence-electron chi connectivity index (χ3n) is 6.73. The molecule has 3 amide bonds. The number of carbonyl (C=O) groups excluding carboxylic acids is 3. The van der Waals surface area contributed by atoms with E-state index in [1.54, 1.807) is 6.20 Å². The number of likely N-dealkylation sites (tertiary alicyclic amines) is 1. The van der Waals surface area contributed by atoms with E-state index in [0.29, 0.717) is 19.3 Å². The number of hydrogen-bond donors (Lipinski definition) is 6. The van der Waals surface area contributed by atoms with E-state index in [4.69, 9.17) is 0 Å². The van der Waals surface area contributed by atoms with E-state index in [2.05, 4.69) is 20.9 Å². The lowest BCUT2D eigenvalue weighted by Crippen LogP contribution is -2.58. The van der Waals surface area contributed by atoms with Gasteiger partial charge in [0, 0.05) is 30.1 Å². The molecule has 6 N–H and O–H groups in total. The molecular formula is C24H31N5O6. The Bertz CT molecular complexity index is 1100. The van der Waals surface area contributed by atoms with E-state index in [1.165, 1.54) is 4.90 Å². The lowest BCUT2D eigenvalue weighted by molar-refractivity contribution is -0.150. The number of nitrogens with one attached hydrogen (secondary N) is 4. The van der Waals surface area contributed by atoms with Gasteiger partial charge in [-0.1, -0.05) is 18.2 Å². The number of benzene rings is 1. The first-order valence-corrected chi connectivity index (χ1v) is 11.9. The standard InChI is InChI=1S/C24H31N5O6/c30-13-19(23(33)29-10-4-8-20(29)24(34)35)28-22(32)18(27-21(31)17-7-3-9-25-17)11-14-12-26-16-6-2-1-5-15(14)16/h1-2,5-6,12,17-20,25-26,30H,3-4,7-11,13H2,(H,27,31)(H,28,32)(H,34,35). The average Bonchev–Trinajstić information content (AvgIpc) is 3.62. The monoisotopic (exact) mass is 485 g/mol. The van der Waals surface area contributed by atoms with Crippen molar-refractivity contribution in [3.63, 3.8) is 0 Å². The maximum atomic E-state index is 13.3. The van der Waals surface area contributed by atoms with Crippen molar-refractivity contribution in [2.75, 3.05) is 19.7 Å². The minimum absolute atomic E-state index is 0.169. The van der Waals surface area contributed by atoms with Crippen molar-refractivity contribution < 1.29 is 29.4 Å². The summed E-state index contributed by atoms with van der Waals surface area (Å²) >= 11 is 0. The van der Waals surface area contributed by atoms with E-state index in [1.807, 2.05) is 24.3 Å². The molecule has 1 aromatic carbocycles. The number of H-pyrrole nitrogens is 1. The summed E-state index contributed by atoms with van der Waals surface area (Å²) in [7, 11) is 0. The molecule has 188 valence electrons. The van der Waals surface area contributed by atoms with Crippen molar-refractivity contribution in [2.24, 2.45) is 0 Å². The Morgan fingerprint density at radius 2 is 1.89 bits per heavy atom. The Labute approximate surface area is 202 Å². The second kappa shape index (κ2) is 10.9. The van der Waals surface area contributed by atoms with Crippen LogP contribution in [0.4, 0.5) is 0 Å². The molecule has 2 saturated heterocycles. The predicted octanol–water partition coefficient (Wildman–Crippen LogP) is -0.500. The van der Waals surface area contributed by atoms with Crippen LogP contribution in [0, 0.1) is 0 Å². The normalized spacial score (nSPS) is 21.6. The molecule has 3 heterocycles. The molecular weight excluding hydrogens is 454 g/mol. The van der Waals surface area contributed by atoms with Gasteiger partial charge in [-0.2, -0.15) is 0 Å². The summed E-state index contributed by atoms with van der Waals surface area (Å²) in [5.41, 5.74) is 1.71. The zero-order chi connectivity index (χ0) is 24.9. The summed E-state index contributed by atoms with van der Waals surface area (Å²) in [6.45, 7) is 0.273. The maximum absolute atomic E-state index is 13.3. The Morgan fingerprint density at radius 3 is 2.60 bits per heavy atom. The van der Waals surface area contributed by atoms with Crippen LogP contribution in [0.2, 0.25) is 0 Å². The number of amides is 3. The van der Waals surface area contributed by atoms with Gasteiger partial charge in [0.15, 0.2) is 0 Å². The van der Waals surface area contributed by atoms with E-state index >= 15 is 0 Å². The maximum Gasteiger partial charge on any atom is 0.326 e. The van der Waals surface area contributed by atoms with Gasteiger partial charge < -0.3 is 36.0 Å². The van der Waals surface area contributed by atoms with Crippen molar-refractivity contribution >= 4 is 34.6 Å². The number of aromatic nitrogens is 1. The molecule has 0 spiro atoms. The first kappa shape index (κ1) is 24.7. The van der Waals surface area contributed by atoms with E-state index < -0.39 is 48.6 Å². The molecule has 11 heteroatoms. The minimum atomic E-state index is -1.31. The third-order valence-corrected chi connectivity index (χ3v) is 6.73. The fraction of sp³-hybridized carbons (Fsp3) is 0.500. The molecule has 0 bridgehead atoms. The number of aliphatic hydroxyl groups excluding tert-OH is 1. The Morgan fingerprint density at radius 1 is 1.09 bits per heavy atom. The third kappa shape index (κ3) is 5.46. The van der Waals surface area contributed by atoms with Crippen molar-refractivity contribution in [3.8, 4) is 0 Å². The molecule has 2 aliphatic rings. The summed E-state index contributed by atoms with van der Waals surface area (Å²) in [6.07, 6.45) is 4.32. The molecule has 2 aliphatic heterocycles. The van der Waals surface area contributed by atoms with Crippen LogP contribution in [0.5, 0.6) is 0 Å². The Kier molecular flexibility index (Phi) is 7.67. The number of aliphatic hydroxyl groups is 1. The van der Waals surface area contributed by atoms with Crippen molar-refractivity contribution in [1.29, 1.82) is 0 Å². The van der Waals surface area contributed by atoms with Crippen LogP contribution in [-0.2, 0) is 25.6 Å². The first-order chi connectivity index (χ1) is 16.9. The number of carboxylic acids is 1. The highest BCUT2D eigenvalue weighted by Gasteiger charge is 2.38. The quantitative estimate of drug-likeness (QED) is 0.279. The summed E-state index contributed by atoms with van der Waals surface area (Å²) in [5.74, 6) is -2.70. The molecule has 4 atom stereocenters. The number of para-hydroxylation sites is 1. The number of aliphatic carboxylic acids is 1. The fourth-order valence-electron chi connectivity index (χ4n) is 4.86. The molecule has 2 aromatic rings. The van der Waals surface area contributed by atoms with Crippen molar-refractivity contribution in [1.82, 2.24) is 25.8 Å². The smallest absolute Gasteiger partial charge is 0.326 e. The Hall–Kier alpha value is -3.44.